The van der Waals surface area contributed by atoms with Crippen LogP contribution in [-0.4, -0.2) is 15.1 Å². The number of halogens is 2. The fraction of sp³-hybridized carbons (Fsp3) is 0.0714. The first kappa shape index (κ1) is 13.5. The minimum atomic E-state index is -0.425. The molecule has 0 radical (unpaired) electrons. The number of hydrogen-bond donors (Lipinski definition) is 1. The number of nitrogens with zero attached hydrogens (tertiary/aromatic N) is 2. The van der Waals surface area contributed by atoms with Gasteiger partial charge < -0.3 is 9.51 Å². The van der Waals surface area contributed by atoms with Crippen molar-refractivity contribution in [3.05, 3.63) is 69.2 Å². The molecule has 106 valence electrons. The fourth-order valence-electron chi connectivity index (χ4n) is 1.85. The van der Waals surface area contributed by atoms with E-state index in [9.17, 15) is 9.18 Å². The summed E-state index contributed by atoms with van der Waals surface area (Å²) in [5.74, 6) is 0.128. The van der Waals surface area contributed by atoms with Crippen molar-refractivity contribution in [1.29, 1.82) is 0 Å². The van der Waals surface area contributed by atoms with Gasteiger partial charge >= 0.3 is 0 Å². The van der Waals surface area contributed by atoms with Crippen LogP contribution in [0.1, 0.15) is 11.5 Å². The summed E-state index contributed by atoms with van der Waals surface area (Å²) in [6.45, 7) is 0. The van der Waals surface area contributed by atoms with Gasteiger partial charge in [-0.1, -0.05) is 22.8 Å². The monoisotopic (exact) mass is 305 g/mol. The fourth-order valence-corrected chi connectivity index (χ4v) is 2.08. The van der Waals surface area contributed by atoms with E-state index in [0.29, 0.717) is 22.0 Å². The Bertz CT molecular complexity index is 803. The topological polar surface area (TPSA) is 71.8 Å². The molecular weight excluding hydrogens is 297 g/mol. The van der Waals surface area contributed by atoms with Crippen molar-refractivity contribution in [1.82, 2.24) is 15.1 Å². The molecule has 0 aliphatic carbocycles. The zero-order chi connectivity index (χ0) is 14.8. The maximum Gasteiger partial charge on any atom is 0.247 e. The van der Waals surface area contributed by atoms with Crippen molar-refractivity contribution >= 4 is 11.6 Å². The first-order chi connectivity index (χ1) is 10.1. The smallest absolute Gasteiger partial charge is 0.247 e. The summed E-state index contributed by atoms with van der Waals surface area (Å²) in [4.78, 5) is 17.7. The largest absolute Gasteiger partial charge is 0.339 e. The van der Waals surface area contributed by atoms with E-state index in [0.717, 1.165) is 0 Å². The Balaban J connectivity index is 1.89. The Morgan fingerprint density at radius 2 is 2.14 bits per heavy atom. The van der Waals surface area contributed by atoms with Crippen LogP contribution in [-0.2, 0) is 6.42 Å². The molecule has 0 unspecified atom stereocenters. The van der Waals surface area contributed by atoms with Crippen LogP contribution in [0.2, 0.25) is 5.02 Å². The Morgan fingerprint density at radius 1 is 1.29 bits per heavy atom. The van der Waals surface area contributed by atoms with Crippen molar-refractivity contribution in [3.8, 4) is 11.4 Å². The van der Waals surface area contributed by atoms with Crippen LogP contribution >= 0.6 is 11.6 Å². The molecule has 0 amide bonds. The highest BCUT2D eigenvalue weighted by atomic mass is 35.5. The minimum Gasteiger partial charge on any atom is -0.339 e. The molecule has 3 aromatic rings. The van der Waals surface area contributed by atoms with Crippen LogP contribution in [0.15, 0.2) is 45.8 Å². The highest BCUT2D eigenvalue weighted by Crippen LogP contribution is 2.22. The van der Waals surface area contributed by atoms with Gasteiger partial charge in [-0.25, -0.2) is 4.39 Å². The summed E-state index contributed by atoms with van der Waals surface area (Å²) in [6, 6.07) is 7.38. The first-order valence-corrected chi connectivity index (χ1v) is 6.46. The summed E-state index contributed by atoms with van der Waals surface area (Å²) in [7, 11) is 0. The summed E-state index contributed by atoms with van der Waals surface area (Å²) in [5.41, 5.74) is 0.681. The molecule has 0 saturated heterocycles. The quantitative estimate of drug-likeness (QED) is 0.807. The number of benzene rings is 1. The molecular formula is C14H9ClFN3O2. The van der Waals surface area contributed by atoms with Crippen molar-refractivity contribution in [3.63, 3.8) is 0 Å². The molecule has 2 aromatic heterocycles. The lowest BCUT2D eigenvalue weighted by Crippen LogP contribution is -2.01. The average Bonchev–Trinajstić information content (AvgIpc) is 2.92. The lowest BCUT2D eigenvalue weighted by molar-refractivity contribution is 0.384. The standard InChI is InChI=1S/C14H9ClFN3O2/c15-10-2-1-3-11(16)9(10)6-13-18-14(19-21-13)8-4-5-12(20)17-7-8/h1-5,7H,6H2,(H,17,20). The second-order valence-corrected chi connectivity index (χ2v) is 4.74. The number of pyridine rings is 1. The molecule has 7 heteroatoms. The summed E-state index contributed by atoms with van der Waals surface area (Å²) in [6.07, 6.45) is 1.58. The zero-order valence-corrected chi connectivity index (χ0v) is 11.4. The van der Waals surface area contributed by atoms with E-state index in [1.165, 1.54) is 24.4 Å². The average molecular weight is 306 g/mol. The maximum absolute atomic E-state index is 13.7. The van der Waals surface area contributed by atoms with Gasteiger partial charge in [0.2, 0.25) is 17.3 Å². The van der Waals surface area contributed by atoms with E-state index in [2.05, 4.69) is 15.1 Å². The lowest BCUT2D eigenvalue weighted by Gasteiger charge is -2.01. The minimum absolute atomic E-state index is 0.0991. The SMILES string of the molecule is O=c1ccc(-c2noc(Cc3c(F)cccc3Cl)n2)c[nH]1. The third-order valence-corrected chi connectivity index (χ3v) is 3.25. The Kier molecular flexibility index (Phi) is 3.53. The second-order valence-electron chi connectivity index (χ2n) is 4.33. The van der Waals surface area contributed by atoms with Crippen molar-refractivity contribution in [2.75, 3.05) is 0 Å². The number of rotatable bonds is 3. The van der Waals surface area contributed by atoms with E-state index in [-0.39, 0.29) is 17.9 Å². The number of aromatic amines is 1. The number of H-pyrrole nitrogens is 1. The molecule has 21 heavy (non-hydrogen) atoms. The molecule has 0 bridgehead atoms. The van der Waals surface area contributed by atoms with Crippen LogP contribution in [0.5, 0.6) is 0 Å². The van der Waals surface area contributed by atoms with Crippen LogP contribution in [0.4, 0.5) is 4.39 Å². The van der Waals surface area contributed by atoms with Gasteiger partial charge in [-0.05, 0) is 18.2 Å². The van der Waals surface area contributed by atoms with Crippen LogP contribution in [0.3, 0.4) is 0 Å². The molecule has 0 saturated carbocycles. The van der Waals surface area contributed by atoms with Crippen LogP contribution < -0.4 is 5.56 Å². The highest BCUT2D eigenvalue weighted by Gasteiger charge is 2.14. The summed E-state index contributed by atoms with van der Waals surface area (Å²) < 4.78 is 18.8. The molecule has 5 nitrogen and oxygen atoms in total. The molecule has 0 aliphatic heterocycles. The van der Waals surface area contributed by atoms with E-state index >= 15 is 0 Å². The van der Waals surface area contributed by atoms with E-state index < -0.39 is 5.82 Å². The van der Waals surface area contributed by atoms with Gasteiger partial charge in [0.05, 0.1) is 6.42 Å². The predicted octanol–water partition coefficient (Wildman–Crippen LogP) is 2.81. The molecule has 0 atom stereocenters. The molecule has 3 rings (SSSR count). The Labute approximate surface area is 123 Å². The Hall–Kier alpha value is -2.47. The number of hydrogen-bond acceptors (Lipinski definition) is 4. The molecule has 1 N–H and O–H groups in total. The second kappa shape index (κ2) is 5.49. The van der Waals surface area contributed by atoms with E-state index in [4.69, 9.17) is 16.1 Å². The molecule has 1 aromatic carbocycles. The number of aromatic nitrogens is 3. The van der Waals surface area contributed by atoms with Crippen molar-refractivity contribution in [2.45, 2.75) is 6.42 Å². The lowest BCUT2D eigenvalue weighted by atomic mass is 10.1. The van der Waals surface area contributed by atoms with Gasteiger partial charge in [-0.15, -0.1) is 0 Å². The van der Waals surface area contributed by atoms with Crippen molar-refractivity contribution < 1.29 is 8.91 Å². The van der Waals surface area contributed by atoms with Gasteiger partial charge in [0.1, 0.15) is 5.82 Å². The van der Waals surface area contributed by atoms with Crippen LogP contribution in [0.25, 0.3) is 11.4 Å². The summed E-state index contributed by atoms with van der Waals surface area (Å²) in [5, 5.41) is 4.10. The van der Waals surface area contributed by atoms with Gasteiger partial charge in [0.15, 0.2) is 0 Å². The number of nitrogens with one attached hydrogen (secondary N) is 1. The zero-order valence-electron chi connectivity index (χ0n) is 10.6. The van der Waals surface area contributed by atoms with Crippen LogP contribution in [0, 0.1) is 5.82 Å². The normalized spacial score (nSPS) is 10.8. The summed E-state index contributed by atoms with van der Waals surface area (Å²) >= 11 is 5.95. The third-order valence-electron chi connectivity index (χ3n) is 2.90. The highest BCUT2D eigenvalue weighted by molar-refractivity contribution is 6.31. The molecule has 0 spiro atoms. The third kappa shape index (κ3) is 2.85. The van der Waals surface area contributed by atoms with Gasteiger partial charge in [0, 0.05) is 28.4 Å². The predicted molar refractivity (Wildman–Crippen MR) is 74.6 cm³/mol. The van der Waals surface area contributed by atoms with E-state index in [1.807, 2.05) is 0 Å². The maximum atomic E-state index is 13.7. The molecule has 0 aliphatic rings. The first-order valence-electron chi connectivity index (χ1n) is 6.08. The van der Waals surface area contributed by atoms with Gasteiger partial charge in [-0.2, -0.15) is 4.98 Å². The Morgan fingerprint density at radius 3 is 2.86 bits per heavy atom. The van der Waals surface area contributed by atoms with Crippen molar-refractivity contribution in [2.24, 2.45) is 0 Å². The van der Waals surface area contributed by atoms with E-state index in [1.54, 1.807) is 12.1 Å². The van der Waals surface area contributed by atoms with Gasteiger partial charge in [-0.3, -0.25) is 4.79 Å². The van der Waals surface area contributed by atoms with Gasteiger partial charge in [0.25, 0.3) is 0 Å². The molecule has 0 fully saturated rings. The molecule has 2 heterocycles.